The maximum atomic E-state index is 12.5. The second-order valence-corrected chi connectivity index (χ2v) is 7.37. The lowest BCUT2D eigenvalue weighted by atomic mass is 10.1. The van der Waals surface area contributed by atoms with Crippen molar-refractivity contribution in [1.82, 2.24) is 4.90 Å². The van der Waals surface area contributed by atoms with E-state index < -0.39 is 0 Å². The standard InChI is InChI=1S/C22H45NO/c1-4-7-10-12-14-17-20-23(22(24)19-16-9-6-3)21-18-15-13-11-8-5-2/h4-21H2,1-3H3. The van der Waals surface area contributed by atoms with Gasteiger partial charge in [0.05, 0.1) is 0 Å². The third-order valence-corrected chi connectivity index (χ3v) is 4.91. The number of carbonyl (C=O) groups is 1. The minimum absolute atomic E-state index is 0.408. The molecule has 0 saturated heterocycles. The van der Waals surface area contributed by atoms with Crippen molar-refractivity contribution in [3.63, 3.8) is 0 Å². The first kappa shape index (κ1) is 23.5. The molecule has 0 N–H and O–H groups in total. The van der Waals surface area contributed by atoms with Crippen LogP contribution in [-0.2, 0) is 4.79 Å². The normalized spacial score (nSPS) is 11.0. The van der Waals surface area contributed by atoms with Crippen molar-refractivity contribution < 1.29 is 4.79 Å². The maximum Gasteiger partial charge on any atom is 0.222 e. The van der Waals surface area contributed by atoms with Crippen LogP contribution in [-0.4, -0.2) is 23.9 Å². The van der Waals surface area contributed by atoms with Gasteiger partial charge in [0.1, 0.15) is 0 Å². The van der Waals surface area contributed by atoms with Crippen molar-refractivity contribution in [3.8, 4) is 0 Å². The minimum atomic E-state index is 0.408. The number of hydrogen-bond donors (Lipinski definition) is 0. The monoisotopic (exact) mass is 339 g/mol. The summed E-state index contributed by atoms with van der Waals surface area (Å²) in [7, 11) is 0. The second kappa shape index (κ2) is 18.8. The van der Waals surface area contributed by atoms with Crippen molar-refractivity contribution in [3.05, 3.63) is 0 Å². The van der Waals surface area contributed by atoms with E-state index in [2.05, 4.69) is 25.7 Å². The van der Waals surface area contributed by atoms with Gasteiger partial charge in [-0.1, -0.05) is 97.8 Å². The molecule has 1 amide bonds. The Bertz CT molecular complexity index is 249. The lowest BCUT2D eigenvalue weighted by molar-refractivity contribution is -0.131. The van der Waals surface area contributed by atoms with Gasteiger partial charge in [-0.05, 0) is 19.3 Å². The average molecular weight is 340 g/mol. The molecule has 0 saturated carbocycles. The quantitative estimate of drug-likeness (QED) is 0.243. The molecule has 0 fully saturated rings. The summed E-state index contributed by atoms with van der Waals surface area (Å²) >= 11 is 0. The van der Waals surface area contributed by atoms with Crippen molar-refractivity contribution in [2.45, 2.75) is 124 Å². The minimum Gasteiger partial charge on any atom is -0.343 e. The fourth-order valence-corrected chi connectivity index (χ4v) is 3.21. The number of nitrogens with zero attached hydrogens (tertiary/aromatic N) is 1. The van der Waals surface area contributed by atoms with E-state index in [4.69, 9.17) is 0 Å². The molecule has 0 aromatic rings. The first-order valence-electron chi connectivity index (χ1n) is 11.0. The van der Waals surface area contributed by atoms with Gasteiger partial charge in [-0.3, -0.25) is 4.79 Å². The SMILES string of the molecule is CCCCCCCCN(CCCCCCCC)C(=O)CCCCC. The molecule has 0 aliphatic heterocycles. The molecule has 0 bridgehead atoms. The fraction of sp³-hybridized carbons (Fsp3) is 0.955. The number of carbonyl (C=O) groups excluding carboxylic acids is 1. The van der Waals surface area contributed by atoms with Gasteiger partial charge in [-0.25, -0.2) is 0 Å². The molecule has 0 atom stereocenters. The number of unbranched alkanes of at least 4 members (excludes halogenated alkanes) is 12. The molecular weight excluding hydrogens is 294 g/mol. The van der Waals surface area contributed by atoms with E-state index >= 15 is 0 Å². The first-order chi connectivity index (χ1) is 11.8. The molecule has 0 unspecified atom stereocenters. The van der Waals surface area contributed by atoms with Crippen LogP contribution in [0.5, 0.6) is 0 Å². The first-order valence-corrected chi connectivity index (χ1v) is 11.0. The highest BCUT2D eigenvalue weighted by Gasteiger charge is 2.12. The summed E-state index contributed by atoms with van der Waals surface area (Å²) in [4.78, 5) is 14.7. The summed E-state index contributed by atoms with van der Waals surface area (Å²) in [5.41, 5.74) is 0. The highest BCUT2D eigenvalue weighted by Crippen LogP contribution is 2.11. The Balaban J connectivity index is 3.97. The lowest BCUT2D eigenvalue weighted by Gasteiger charge is -2.23. The number of hydrogen-bond acceptors (Lipinski definition) is 1. The lowest BCUT2D eigenvalue weighted by Crippen LogP contribution is -2.32. The molecule has 0 aliphatic rings. The molecule has 0 heterocycles. The van der Waals surface area contributed by atoms with Gasteiger partial charge in [0.2, 0.25) is 5.91 Å². The number of amides is 1. The summed E-state index contributed by atoms with van der Waals surface area (Å²) in [5.74, 6) is 0.408. The molecule has 0 radical (unpaired) electrons. The summed E-state index contributed by atoms with van der Waals surface area (Å²) in [6.45, 7) is 8.71. The molecule has 0 rings (SSSR count). The van der Waals surface area contributed by atoms with Crippen molar-refractivity contribution in [2.75, 3.05) is 13.1 Å². The summed E-state index contributed by atoms with van der Waals surface area (Å²) in [5, 5.41) is 0. The van der Waals surface area contributed by atoms with Crippen LogP contribution in [0.2, 0.25) is 0 Å². The average Bonchev–Trinajstić information content (AvgIpc) is 2.59. The molecular formula is C22H45NO. The largest absolute Gasteiger partial charge is 0.343 e. The van der Waals surface area contributed by atoms with E-state index in [0.29, 0.717) is 5.91 Å². The van der Waals surface area contributed by atoms with Crippen molar-refractivity contribution in [2.24, 2.45) is 0 Å². The second-order valence-electron chi connectivity index (χ2n) is 7.37. The van der Waals surface area contributed by atoms with Crippen LogP contribution in [0.3, 0.4) is 0 Å². The van der Waals surface area contributed by atoms with Crippen LogP contribution in [0.1, 0.15) is 124 Å². The Morgan fingerprint density at radius 2 is 0.917 bits per heavy atom. The van der Waals surface area contributed by atoms with E-state index in [1.54, 1.807) is 0 Å². The molecule has 2 heteroatoms. The Kier molecular flexibility index (Phi) is 18.4. The van der Waals surface area contributed by atoms with E-state index in [1.165, 1.54) is 89.9 Å². The third-order valence-electron chi connectivity index (χ3n) is 4.91. The van der Waals surface area contributed by atoms with Gasteiger partial charge in [0.15, 0.2) is 0 Å². The molecule has 24 heavy (non-hydrogen) atoms. The predicted octanol–water partition coefficient (Wildman–Crippen LogP) is 7.12. The van der Waals surface area contributed by atoms with Gasteiger partial charge >= 0.3 is 0 Å². The van der Waals surface area contributed by atoms with Crippen LogP contribution >= 0.6 is 0 Å². The molecule has 2 nitrogen and oxygen atoms in total. The molecule has 0 aromatic heterocycles. The van der Waals surface area contributed by atoms with E-state index in [0.717, 1.165) is 25.9 Å². The Morgan fingerprint density at radius 3 is 1.38 bits per heavy atom. The zero-order valence-corrected chi connectivity index (χ0v) is 17.1. The summed E-state index contributed by atoms with van der Waals surface area (Å²) < 4.78 is 0. The topological polar surface area (TPSA) is 20.3 Å². The fourth-order valence-electron chi connectivity index (χ4n) is 3.21. The maximum absolute atomic E-state index is 12.5. The highest BCUT2D eigenvalue weighted by molar-refractivity contribution is 5.76. The van der Waals surface area contributed by atoms with Crippen molar-refractivity contribution >= 4 is 5.91 Å². The van der Waals surface area contributed by atoms with Crippen LogP contribution in [0.4, 0.5) is 0 Å². The summed E-state index contributed by atoms with van der Waals surface area (Å²) in [6, 6.07) is 0. The van der Waals surface area contributed by atoms with Gasteiger partial charge in [0.25, 0.3) is 0 Å². The van der Waals surface area contributed by atoms with Crippen LogP contribution < -0.4 is 0 Å². The van der Waals surface area contributed by atoms with Gasteiger partial charge in [0, 0.05) is 19.5 Å². The van der Waals surface area contributed by atoms with Crippen LogP contribution in [0.25, 0.3) is 0 Å². The zero-order valence-electron chi connectivity index (χ0n) is 17.1. The molecule has 0 aliphatic carbocycles. The Labute approximate surface area is 152 Å². The zero-order chi connectivity index (χ0) is 17.9. The summed E-state index contributed by atoms with van der Waals surface area (Å²) in [6.07, 6.45) is 19.9. The molecule has 0 spiro atoms. The van der Waals surface area contributed by atoms with Gasteiger partial charge < -0.3 is 4.90 Å². The van der Waals surface area contributed by atoms with Gasteiger partial charge in [-0.15, -0.1) is 0 Å². The smallest absolute Gasteiger partial charge is 0.222 e. The van der Waals surface area contributed by atoms with Crippen LogP contribution in [0, 0.1) is 0 Å². The van der Waals surface area contributed by atoms with E-state index in [9.17, 15) is 4.79 Å². The third kappa shape index (κ3) is 15.0. The molecule has 144 valence electrons. The number of rotatable bonds is 18. The highest BCUT2D eigenvalue weighted by atomic mass is 16.2. The van der Waals surface area contributed by atoms with E-state index in [-0.39, 0.29) is 0 Å². The Morgan fingerprint density at radius 1 is 0.542 bits per heavy atom. The van der Waals surface area contributed by atoms with Gasteiger partial charge in [-0.2, -0.15) is 0 Å². The van der Waals surface area contributed by atoms with Crippen molar-refractivity contribution in [1.29, 1.82) is 0 Å². The predicted molar refractivity (Wildman–Crippen MR) is 107 cm³/mol. The molecule has 0 aromatic carbocycles. The Hall–Kier alpha value is -0.530. The van der Waals surface area contributed by atoms with E-state index in [1.807, 2.05) is 0 Å². The van der Waals surface area contributed by atoms with Crippen LogP contribution in [0.15, 0.2) is 0 Å².